The van der Waals surface area contributed by atoms with Gasteiger partial charge in [-0.15, -0.1) is 0 Å². The van der Waals surface area contributed by atoms with Gasteiger partial charge in [0.1, 0.15) is 16.1 Å². The van der Waals surface area contributed by atoms with Crippen molar-refractivity contribution in [1.82, 2.24) is 9.97 Å². The van der Waals surface area contributed by atoms with Crippen molar-refractivity contribution in [3.8, 4) is 11.1 Å². The Hall–Kier alpha value is -1.12. The fraction of sp³-hybridized carbons (Fsp3) is 0.333. The standard InChI is InChI=1S/C15H14Cl2N2/c1-9-4-2-7-11(8-9)12-13(16)18-15(19-14(12)17)10-5-3-6-10/h2,4,7-8,10H,3,5-6H2,1H3. The number of hydrogen-bond acceptors (Lipinski definition) is 2. The van der Waals surface area contributed by atoms with Gasteiger partial charge in [0.25, 0.3) is 0 Å². The summed E-state index contributed by atoms with van der Waals surface area (Å²) >= 11 is 12.6. The van der Waals surface area contributed by atoms with E-state index in [0.29, 0.717) is 16.2 Å². The van der Waals surface area contributed by atoms with Gasteiger partial charge in [-0.25, -0.2) is 9.97 Å². The average Bonchev–Trinajstić information content (AvgIpc) is 2.25. The predicted octanol–water partition coefficient (Wildman–Crippen LogP) is 5.03. The minimum Gasteiger partial charge on any atom is -0.220 e. The summed E-state index contributed by atoms with van der Waals surface area (Å²) < 4.78 is 0. The molecule has 98 valence electrons. The van der Waals surface area contributed by atoms with E-state index >= 15 is 0 Å². The van der Waals surface area contributed by atoms with Crippen LogP contribution in [0, 0.1) is 6.92 Å². The maximum atomic E-state index is 6.31. The number of rotatable bonds is 2. The van der Waals surface area contributed by atoms with Gasteiger partial charge < -0.3 is 0 Å². The molecule has 1 heterocycles. The van der Waals surface area contributed by atoms with E-state index in [1.165, 1.54) is 6.42 Å². The van der Waals surface area contributed by atoms with Crippen molar-refractivity contribution >= 4 is 23.2 Å². The third-order valence-corrected chi connectivity index (χ3v) is 4.16. The largest absolute Gasteiger partial charge is 0.220 e. The molecule has 0 unspecified atom stereocenters. The Kier molecular flexibility index (Phi) is 3.46. The summed E-state index contributed by atoms with van der Waals surface area (Å²) in [4.78, 5) is 8.86. The molecule has 1 aliphatic carbocycles. The highest BCUT2D eigenvalue weighted by atomic mass is 35.5. The summed E-state index contributed by atoms with van der Waals surface area (Å²) in [6.45, 7) is 2.04. The fourth-order valence-corrected chi connectivity index (χ4v) is 2.93. The van der Waals surface area contributed by atoms with Gasteiger partial charge in [0.2, 0.25) is 0 Å². The first-order valence-electron chi connectivity index (χ1n) is 6.45. The van der Waals surface area contributed by atoms with Gasteiger partial charge >= 0.3 is 0 Å². The molecule has 0 aliphatic heterocycles. The highest BCUT2D eigenvalue weighted by molar-refractivity contribution is 6.37. The Bertz CT molecular complexity index is 598. The Balaban J connectivity index is 2.06. The van der Waals surface area contributed by atoms with Crippen LogP contribution in [0.3, 0.4) is 0 Å². The Morgan fingerprint density at radius 1 is 1.11 bits per heavy atom. The minimum atomic E-state index is 0.432. The van der Waals surface area contributed by atoms with Gasteiger partial charge in [0.15, 0.2) is 0 Å². The fourth-order valence-electron chi connectivity index (χ4n) is 2.31. The normalized spacial score (nSPS) is 15.3. The van der Waals surface area contributed by atoms with Gasteiger partial charge in [0, 0.05) is 5.92 Å². The first kappa shape index (κ1) is 12.9. The van der Waals surface area contributed by atoms with Crippen LogP contribution in [-0.2, 0) is 0 Å². The zero-order valence-corrected chi connectivity index (χ0v) is 12.2. The van der Waals surface area contributed by atoms with E-state index < -0.39 is 0 Å². The lowest BCUT2D eigenvalue weighted by Gasteiger charge is -2.24. The molecule has 1 aromatic carbocycles. The lowest BCUT2D eigenvalue weighted by atomic mass is 9.85. The van der Waals surface area contributed by atoms with E-state index in [4.69, 9.17) is 23.2 Å². The molecule has 0 atom stereocenters. The molecule has 0 amide bonds. The second-order valence-corrected chi connectivity index (χ2v) is 5.75. The molecule has 0 N–H and O–H groups in total. The van der Waals surface area contributed by atoms with Crippen molar-refractivity contribution in [2.24, 2.45) is 0 Å². The summed E-state index contributed by atoms with van der Waals surface area (Å²) in [5.41, 5.74) is 2.86. The maximum Gasteiger partial charge on any atom is 0.142 e. The van der Waals surface area contributed by atoms with Crippen LogP contribution in [0.1, 0.15) is 36.6 Å². The third kappa shape index (κ3) is 2.47. The summed E-state index contributed by atoms with van der Waals surface area (Å²) in [6, 6.07) is 8.04. The number of halogens is 2. The van der Waals surface area contributed by atoms with E-state index in [-0.39, 0.29) is 0 Å². The molecule has 3 rings (SSSR count). The van der Waals surface area contributed by atoms with Crippen LogP contribution in [0.25, 0.3) is 11.1 Å². The number of nitrogens with zero attached hydrogens (tertiary/aromatic N) is 2. The molecular formula is C15H14Cl2N2. The molecule has 2 aromatic rings. The van der Waals surface area contributed by atoms with Crippen molar-refractivity contribution in [2.45, 2.75) is 32.1 Å². The molecular weight excluding hydrogens is 279 g/mol. The van der Waals surface area contributed by atoms with Crippen LogP contribution < -0.4 is 0 Å². The summed E-state index contributed by atoms with van der Waals surface area (Å²) in [7, 11) is 0. The maximum absolute atomic E-state index is 6.31. The molecule has 1 fully saturated rings. The number of aromatic nitrogens is 2. The van der Waals surface area contributed by atoms with E-state index in [9.17, 15) is 0 Å². The van der Waals surface area contributed by atoms with Crippen LogP contribution in [0.15, 0.2) is 24.3 Å². The van der Waals surface area contributed by atoms with Crippen LogP contribution in [-0.4, -0.2) is 9.97 Å². The molecule has 1 aliphatic rings. The van der Waals surface area contributed by atoms with E-state index in [1.807, 2.05) is 31.2 Å². The van der Waals surface area contributed by atoms with Crippen LogP contribution in [0.4, 0.5) is 0 Å². The highest BCUT2D eigenvalue weighted by Crippen LogP contribution is 2.38. The monoisotopic (exact) mass is 292 g/mol. The van der Waals surface area contributed by atoms with Crippen LogP contribution in [0.2, 0.25) is 10.3 Å². The molecule has 2 nitrogen and oxygen atoms in total. The van der Waals surface area contributed by atoms with Crippen molar-refractivity contribution in [1.29, 1.82) is 0 Å². The summed E-state index contributed by atoms with van der Waals surface area (Å²) in [6.07, 6.45) is 3.51. The minimum absolute atomic E-state index is 0.432. The molecule has 1 saturated carbocycles. The average molecular weight is 293 g/mol. The first-order valence-corrected chi connectivity index (χ1v) is 7.20. The summed E-state index contributed by atoms with van der Waals surface area (Å²) in [5.74, 6) is 1.22. The molecule has 0 spiro atoms. The van der Waals surface area contributed by atoms with E-state index in [0.717, 1.165) is 35.4 Å². The number of hydrogen-bond donors (Lipinski definition) is 0. The lowest BCUT2D eigenvalue weighted by Crippen LogP contribution is -2.13. The third-order valence-electron chi connectivity index (χ3n) is 3.62. The SMILES string of the molecule is Cc1cccc(-c2c(Cl)nc(C3CCC3)nc2Cl)c1. The van der Waals surface area contributed by atoms with Gasteiger partial charge in [-0.05, 0) is 25.3 Å². The number of benzene rings is 1. The smallest absolute Gasteiger partial charge is 0.142 e. The Morgan fingerprint density at radius 3 is 2.32 bits per heavy atom. The van der Waals surface area contributed by atoms with Gasteiger partial charge in [-0.3, -0.25) is 0 Å². The first-order chi connectivity index (χ1) is 9.15. The van der Waals surface area contributed by atoms with Crippen LogP contribution in [0.5, 0.6) is 0 Å². The lowest BCUT2D eigenvalue weighted by molar-refractivity contribution is 0.401. The van der Waals surface area contributed by atoms with Gasteiger partial charge in [0.05, 0.1) is 5.56 Å². The van der Waals surface area contributed by atoms with Crippen molar-refractivity contribution in [3.63, 3.8) is 0 Å². The van der Waals surface area contributed by atoms with Crippen molar-refractivity contribution in [2.75, 3.05) is 0 Å². The Morgan fingerprint density at radius 2 is 1.79 bits per heavy atom. The molecule has 0 saturated heterocycles. The quantitative estimate of drug-likeness (QED) is 0.726. The predicted molar refractivity (Wildman–Crippen MR) is 78.8 cm³/mol. The Labute approximate surface area is 122 Å². The molecule has 0 radical (unpaired) electrons. The van der Waals surface area contributed by atoms with E-state index in [1.54, 1.807) is 0 Å². The second-order valence-electron chi connectivity index (χ2n) is 5.04. The van der Waals surface area contributed by atoms with Crippen LogP contribution >= 0.6 is 23.2 Å². The summed E-state index contributed by atoms with van der Waals surface area (Å²) in [5, 5.41) is 0.903. The van der Waals surface area contributed by atoms with E-state index in [2.05, 4.69) is 9.97 Å². The molecule has 0 bridgehead atoms. The zero-order valence-electron chi connectivity index (χ0n) is 10.7. The topological polar surface area (TPSA) is 25.8 Å². The van der Waals surface area contributed by atoms with Gasteiger partial charge in [-0.2, -0.15) is 0 Å². The highest BCUT2D eigenvalue weighted by Gasteiger charge is 2.24. The van der Waals surface area contributed by atoms with Crippen molar-refractivity contribution in [3.05, 3.63) is 46.0 Å². The number of aryl methyl sites for hydroxylation is 1. The second kappa shape index (κ2) is 5.10. The molecule has 4 heteroatoms. The molecule has 19 heavy (non-hydrogen) atoms. The molecule has 1 aromatic heterocycles. The van der Waals surface area contributed by atoms with Gasteiger partial charge in [-0.1, -0.05) is 59.5 Å². The van der Waals surface area contributed by atoms with Crippen molar-refractivity contribution < 1.29 is 0 Å². The zero-order chi connectivity index (χ0) is 13.4.